The number of rotatable bonds is 4. The Morgan fingerprint density at radius 2 is 0.902 bits per heavy atom. The Bertz CT molecular complexity index is 3120. The van der Waals surface area contributed by atoms with Gasteiger partial charge in [0, 0.05) is 43.6 Å². The summed E-state index contributed by atoms with van der Waals surface area (Å²) in [6, 6.07) is 62.6. The molecule has 3 heterocycles. The lowest BCUT2D eigenvalue weighted by Crippen LogP contribution is -1.94. The first-order chi connectivity index (χ1) is 25.3. The third-order valence-electron chi connectivity index (χ3n) is 10.4. The smallest absolute Gasteiger partial charge is 0.143 e. The zero-order valence-electron chi connectivity index (χ0n) is 27.5. The van der Waals surface area contributed by atoms with Crippen LogP contribution in [0.15, 0.2) is 185 Å². The molecule has 0 radical (unpaired) electrons. The van der Waals surface area contributed by atoms with Crippen molar-refractivity contribution in [3.63, 3.8) is 0 Å². The summed E-state index contributed by atoms with van der Waals surface area (Å²) in [5, 5.41) is 6.94. The summed E-state index contributed by atoms with van der Waals surface area (Å²) >= 11 is 0. The zero-order chi connectivity index (χ0) is 33.5. The lowest BCUT2D eigenvalue weighted by molar-refractivity contribution is 0.669. The Labute approximate surface area is 293 Å². The molecular weight excluding hydrogens is 623 g/mol. The molecule has 0 saturated carbocycles. The van der Waals surface area contributed by atoms with E-state index >= 15 is 0 Å². The van der Waals surface area contributed by atoms with Gasteiger partial charge in [-0.1, -0.05) is 121 Å². The summed E-state index contributed by atoms with van der Waals surface area (Å²) in [7, 11) is 0. The van der Waals surface area contributed by atoms with Crippen LogP contribution >= 0.6 is 0 Å². The fourth-order valence-corrected chi connectivity index (χ4v) is 7.96. The van der Waals surface area contributed by atoms with Crippen LogP contribution in [0.5, 0.6) is 0 Å². The Hall–Kier alpha value is -6.84. The van der Waals surface area contributed by atoms with Crippen LogP contribution in [0, 0.1) is 0 Å². The lowest BCUT2D eigenvalue weighted by Gasteiger charge is -2.10. The number of hydrogen-bond acceptors (Lipinski definition) is 2. The van der Waals surface area contributed by atoms with Crippen molar-refractivity contribution >= 4 is 65.7 Å². The maximum atomic E-state index is 6.66. The fourth-order valence-electron chi connectivity index (χ4n) is 7.96. The molecule has 0 aliphatic carbocycles. The molecule has 0 aliphatic heterocycles. The van der Waals surface area contributed by atoms with E-state index in [1.807, 2.05) is 12.1 Å². The predicted molar refractivity (Wildman–Crippen MR) is 212 cm³/mol. The lowest BCUT2D eigenvalue weighted by atomic mass is 9.98. The minimum atomic E-state index is 0.879. The molecule has 8 aromatic carbocycles. The summed E-state index contributed by atoms with van der Waals surface area (Å²) < 4.78 is 15.1. The Morgan fingerprint density at radius 1 is 0.314 bits per heavy atom. The Kier molecular flexibility index (Phi) is 5.96. The van der Waals surface area contributed by atoms with Crippen LogP contribution < -0.4 is 0 Å². The maximum Gasteiger partial charge on any atom is 0.143 e. The topological polar surface area (TPSA) is 31.2 Å². The third-order valence-corrected chi connectivity index (χ3v) is 10.4. The van der Waals surface area contributed by atoms with Crippen molar-refractivity contribution in [1.29, 1.82) is 0 Å². The van der Waals surface area contributed by atoms with Crippen molar-refractivity contribution in [1.82, 2.24) is 4.57 Å². The summed E-state index contributed by atoms with van der Waals surface area (Å²) in [5.74, 6) is 0. The highest BCUT2D eigenvalue weighted by Crippen LogP contribution is 2.41. The highest BCUT2D eigenvalue weighted by molar-refractivity contribution is 6.14. The number of para-hydroxylation sites is 3. The van der Waals surface area contributed by atoms with Crippen molar-refractivity contribution in [2.45, 2.75) is 0 Å². The van der Waals surface area contributed by atoms with Gasteiger partial charge in [0.05, 0.1) is 11.0 Å². The highest BCUT2D eigenvalue weighted by Gasteiger charge is 2.17. The van der Waals surface area contributed by atoms with E-state index in [-0.39, 0.29) is 0 Å². The second kappa shape index (κ2) is 10.8. The van der Waals surface area contributed by atoms with E-state index in [4.69, 9.17) is 8.83 Å². The average molecular weight is 652 g/mol. The molecule has 0 aliphatic rings. The van der Waals surface area contributed by atoms with Crippen LogP contribution in [-0.2, 0) is 0 Å². The van der Waals surface area contributed by atoms with E-state index in [0.29, 0.717) is 0 Å². The third kappa shape index (κ3) is 4.32. The monoisotopic (exact) mass is 651 g/mol. The van der Waals surface area contributed by atoms with Crippen LogP contribution in [0.2, 0.25) is 0 Å². The molecule has 51 heavy (non-hydrogen) atoms. The van der Waals surface area contributed by atoms with E-state index in [0.717, 1.165) is 71.8 Å². The van der Waals surface area contributed by atoms with Crippen LogP contribution in [-0.4, -0.2) is 4.57 Å². The summed E-state index contributed by atoms with van der Waals surface area (Å²) in [6.07, 6.45) is 0. The average Bonchev–Trinajstić information content (AvgIpc) is 3.87. The number of benzene rings is 8. The van der Waals surface area contributed by atoms with E-state index < -0.39 is 0 Å². The second-order valence-corrected chi connectivity index (χ2v) is 13.3. The van der Waals surface area contributed by atoms with Gasteiger partial charge in [0.15, 0.2) is 0 Å². The minimum Gasteiger partial charge on any atom is -0.456 e. The van der Waals surface area contributed by atoms with Gasteiger partial charge in [-0.15, -0.1) is 0 Å². The van der Waals surface area contributed by atoms with Gasteiger partial charge >= 0.3 is 0 Å². The molecule has 0 fully saturated rings. The quantitative estimate of drug-likeness (QED) is 0.190. The normalized spacial score (nSPS) is 11.9. The van der Waals surface area contributed by atoms with Gasteiger partial charge < -0.3 is 13.4 Å². The van der Waals surface area contributed by atoms with Crippen molar-refractivity contribution < 1.29 is 8.83 Å². The van der Waals surface area contributed by atoms with Gasteiger partial charge in [-0.2, -0.15) is 0 Å². The van der Waals surface area contributed by atoms with Gasteiger partial charge in [0.1, 0.15) is 22.3 Å². The van der Waals surface area contributed by atoms with Crippen molar-refractivity contribution in [2.75, 3.05) is 0 Å². The summed E-state index contributed by atoms with van der Waals surface area (Å²) in [4.78, 5) is 0. The van der Waals surface area contributed by atoms with Crippen molar-refractivity contribution in [3.8, 4) is 39.1 Å². The van der Waals surface area contributed by atoms with Gasteiger partial charge in [-0.25, -0.2) is 0 Å². The molecule has 11 aromatic rings. The van der Waals surface area contributed by atoms with Crippen LogP contribution in [0.3, 0.4) is 0 Å². The van der Waals surface area contributed by atoms with Gasteiger partial charge in [0.25, 0.3) is 0 Å². The predicted octanol–water partition coefficient (Wildman–Crippen LogP) is 13.6. The number of hydrogen-bond donors (Lipinski definition) is 0. The second-order valence-electron chi connectivity index (χ2n) is 13.3. The number of furan rings is 2. The largest absolute Gasteiger partial charge is 0.456 e. The molecule has 11 rings (SSSR count). The highest BCUT2D eigenvalue weighted by atomic mass is 16.3. The zero-order valence-corrected chi connectivity index (χ0v) is 27.5. The first-order valence-corrected chi connectivity index (χ1v) is 17.3. The Morgan fingerprint density at radius 3 is 1.73 bits per heavy atom. The maximum absolute atomic E-state index is 6.66. The van der Waals surface area contributed by atoms with Crippen molar-refractivity contribution in [2.24, 2.45) is 0 Å². The fraction of sp³-hybridized carbons (Fsp3) is 0. The van der Waals surface area contributed by atoms with Gasteiger partial charge in [-0.3, -0.25) is 0 Å². The van der Waals surface area contributed by atoms with E-state index in [1.54, 1.807) is 0 Å². The SMILES string of the molecule is c1ccc(-c2ccc(-n3c4ccccc4c4ccc(-c5cccc6c5oc5ccc(-c7ccc8oc9ccccc9c8c7)cc56)cc43)cc2)cc1. The first-order valence-electron chi connectivity index (χ1n) is 17.3. The summed E-state index contributed by atoms with van der Waals surface area (Å²) in [6.45, 7) is 0. The molecule has 0 amide bonds. The summed E-state index contributed by atoms with van der Waals surface area (Å²) in [5.41, 5.74) is 14.0. The molecular formula is C48H29NO2. The molecule has 3 nitrogen and oxygen atoms in total. The molecule has 0 unspecified atom stereocenters. The van der Waals surface area contributed by atoms with Crippen molar-refractivity contribution in [3.05, 3.63) is 176 Å². The molecule has 3 heteroatoms. The molecule has 238 valence electrons. The van der Waals surface area contributed by atoms with Crippen LogP contribution in [0.25, 0.3) is 105 Å². The molecule has 0 bridgehead atoms. The Balaban J connectivity index is 1.05. The first kappa shape index (κ1) is 28.0. The minimum absolute atomic E-state index is 0.879. The van der Waals surface area contributed by atoms with Crippen LogP contribution in [0.1, 0.15) is 0 Å². The van der Waals surface area contributed by atoms with E-state index in [1.165, 1.54) is 32.9 Å². The standard InChI is InChI=1S/C48H29NO2/c1-2-9-30(10-3-1)31-17-22-35(23-18-31)49-43-15-6-4-11-37(43)38-24-19-34(29-44(38)49)36-13-8-14-40-42-28-33(21-26-47(42)51-48(36)40)32-20-25-46-41(27-32)39-12-5-7-16-45(39)50-46/h1-29H. The molecule has 0 spiro atoms. The van der Waals surface area contributed by atoms with E-state index in [2.05, 4.69) is 168 Å². The van der Waals surface area contributed by atoms with Crippen LogP contribution in [0.4, 0.5) is 0 Å². The number of fused-ring (bicyclic) bond motifs is 9. The van der Waals surface area contributed by atoms with Gasteiger partial charge in [-0.05, 0) is 82.4 Å². The molecule has 3 aromatic heterocycles. The van der Waals surface area contributed by atoms with Gasteiger partial charge in [0.2, 0.25) is 0 Å². The molecule has 0 atom stereocenters. The molecule has 0 N–H and O–H groups in total. The number of aromatic nitrogens is 1. The molecule has 0 saturated heterocycles. The number of nitrogens with zero attached hydrogens (tertiary/aromatic N) is 1. The van der Waals surface area contributed by atoms with E-state index in [9.17, 15) is 0 Å².